The van der Waals surface area contributed by atoms with Gasteiger partial charge in [0.15, 0.2) is 0 Å². The number of thioether (sulfide) groups is 1. The smallest absolute Gasteiger partial charge is 0.234 e. The maximum atomic E-state index is 12.2. The van der Waals surface area contributed by atoms with Crippen molar-refractivity contribution in [1.29, 1.82) is 0 Å². The Kier molecular flexibility index (Phi) is 5.78. The predicted molar refractivity (Wildman–Crippen MR) is 108 cm³/mol. The molecule has 0 unspecified atom stereocenters. The number of amides is 1. The second-order valence-corrected chi connectivity index (χ2v) is 7.06. The van der Waals surface area contributed by atoms with Gasteiger partial charge in [-0.3, -0.25) is 4.79 Å². The van der Waals surface area contributed by atoms with Crippen LogP contribution in [-0.2, 0) is 4.79 Å². The lowest BCUT2D eigenvalue weighted by Crippen LogP contribution is -2.14. The molecule has 0 radical (unpaired) electrons. The van der Waals surface area contributed by atoms with E-state index in [9.17, 15) is 4.79 Å². The molecule has 5 heteroatoms. The summed E-state index contributed by atoms with van der Waals surface area (Å²) in [5.74, 6) is 1.06. The van der Waals surface area contributed by atoms with Gasteiger partial charge >= 0.3 is 0 Å². The van der Waals surface area contributed by atoms with Crippen LogP contribution in [0.5, 0.6) is 5.75 Å². The lowest BCUT2D eigenvalue weighted by Gasteiger charge is -2.09. The van der Waals surface area contributed by atoms with Crippen molar-refractivity contribution >= 4 is 34.3 Å². The summed E-state index contributed by atoms with van der Waals surface area (Å²) in [7, 11) is 0. The van der Waals surface area contributed by atoms with Crippen molar-refractivity contribution in [2.75, 3.05) is 17.7 Å². The zero-order valence-corrected chi connectivity index (χ0v) is 16.0. The fourth-order valence-corrected chi connectivity index (χ4v) is 3.43. The summed E-state index contributed by atoms with van der Waals surface area (Å²) in [6, 6.07) is 15.7. The maximum Gasteiger partial charge on any atom is 0.234 e. The second kappa shape index (κ2) is 8.23. The zero-order valence-electron chi connectivity index (χ0n) is 15.2. The number of rotatable bonds is 6. The Morgan fingerprint density at radius 3 is 2.62 bits per heavy atom. The van der Waals surface area contributed by atoms with Crippen LogP contribution in [0.4, 0.5) is 5.69 Å². The molecule has 134 valence electrons. The number of hydrogen-bond acceptors (Lipinski definition) is 4. The summed E-state index contributed by atoms with van der Waals surface area (Å²) in [5, 5.41) is 4.92. The van der Waals surface area contributed by atoms with E-state index in [0.29, 0.717) is 12.4 Å². The molecular formula is C21H22N2O2S. The molecule has 2 aromatic carbocycles. The van der Waals surface area contributed by atoms with Crippen molar-refractivity contribution in [3.63, 3.8) is 0 Å². The molecular weight excluding hydrogens is 344 g/mol. The summed E-state index contributed by atoms with van der Waals surface area (Å²) in [5.41, 5.74) is 3.99. The number of nitrogens with zero attached hydrogens (tertiary/aromatic N) is 1. The van der Waals surface area contributed by atoms with Crippen LogP contribution in [-0.4, -0.2) is 23.3 Å². The molecule has 0 saturated carbocycles. The van der Waals surface area contributed by atoms with Crippen LogP contribution in [0.25, 0.3) is 10.9 Å². The Labute approximate surface area is 158 Å². The molecule has 0 spiro atoms. The Bertz CT molecular complexity index is 923. The van der Waals surface area contributed by atoms with Crippen molar-refractivity contribution in [2.24, 2.45) is 0 Å². The second-order valence-electron chi connectivity index (χ2n) is 6.10. The summed E-state index contributed by atoms with van der Waals surface area (Å²) < 4.78 is 5.40. The summed E-state index contributed by atoms with van der Waals surface area (Å²) in [6.07, 6.45) is 0. The first-order valence-electron chi connectivity index (χ1n) is 8.58. The number of aryl methyl sites for hydroxylation is 2. The molecule has 0 aliphatic rings. The third-order valence-corrected chi connectivity index (χ3v) is 5.00. The third-order valence-electron chi connectivity index (χ3n) is 3.91. The van der Waals surface area contributed by atoms with E-state index in [0.717, 1.165) is 32.9 Å². The van der Waals surface area contributed by atoms with E-state index in [1.54, 1.807) is 0 Å². The van der Waals surface area contributed by atoms with Gasteiger partial charge in [0.05, 0.1) is 17.9 Å². The Morgan fingerprint density at radius 2 is 1.88 bits per heavy atom. The van der Waals surface area contributed by atoms with E-state index < -0.39 is 0 Å². The molecule has 0 bridgehead atoms. The first-order chi connectivity index (χ1) is 12.5. The fourth-order valence-electron chi connectivity index (χ4n) is 2.64. The number of benzene rings is 2. The zero-order chi connectivity index (χ0) is 18.5. The highest BCUT2D eigenvalue weighted by Gasteiger charge is 2.09. The molecule has 1 heterocycles. The number of fused-ring (bicyclic) bond motifs is 1. The SMILES string of the molecule is CCOc1ccc(NC(=O)CSc2nc3cc(C)ccc3cc2C)cc1. The lowest BCUT2D eigenvalue weighted by atomic mass is 10.1. The van der Waals surface area contributed by atoms with Gasteiger partial charge in [0.25, 0.3) is 0 Å². The molecule has 0 fully saturated rings. The molecule has 1 N–H and O–H groups in total. The Balaban J connectivity index is 1.63. The standard InChI is InChI=1S/C21H22N2O2S/c1-4-25-18-9-7-17(8-10-18)22-20(24)13-26-21-15(3)12-16-6-5-14(2)11-19(16)23-21/h5-12H,4,13H2,1-3H3,(H,22,24). The molecule has 26 heavy (non-hydrogen) atoms. The van der Waals surface area contributed by atoms with E-state index in [2.05, 4.69) is 36.5 Å². The van der Waals surface area contributed by atoms with Gasteiger partial charge in [-0.2, -0.15) is 0 Å². The minimum atomic E-state index is -0.0512. The van der Waals surface area contributed by atoms with E-state index in [1.807, 2.05) is 38.1 Å². The van der Waals surface area contributed by atoms with Gasteiger partial charge in [-0.05, 0) is 68.3 Å². The van der Waals surface area contributed by atoms with Crippen LogP contribution >= 0.6 is 11.8 Å². The van der Waals surface area contributed by atoms with E-state index >= 15 is 0 Å². The average molecular weight is 366 g/mol. The minimum absolute atomic E-state index is 0.0512. The van der Waals surface area contributed by atoms with E-state index in [-0.39, 0.29) is 5.91 Å². The molecule has 4 nitrogen and oxygen atoms in total. The highest BCUT2D eigenvalue weighted by molar-refractivity contribution is 8.00. The van der Waals surface area contributed by atoms with E-state index in [1.165, 1.54) is 17.3 Å². The number of carbonyl (C=O) groups is 1. The van der Waals surface area contributed by atoms with Crippen LogP contribution in [0.15, 0.2) is 53.6 Å². The monoisotopic (exact) mass is 366 g/mol. The maximum absolute atomic E-state index is 12.2. The minimum Gasteiger partial charge on any atom is -0.494 e. The van der Waals surface area contributed by atoms with Crippen LogP contribution in [0.3, 0.4) is 0 Å². The molecule has 3 aromatic rings. The number of aromatic nitrogens is 1. The summed E-state index contributed by atoms with van der Waals surface area (Å²) in [6.45, 7) is 6.65. The normalized spacial score (nSPS) is 10.7. The van der Waals surface area contributed by atoms with Gasteiger partial charge in [-0.15, -0.1) is 0 Å². The van der Waals surface area contributed by atoms with Crippen molar-refractivity contribution in [1.82, 2.24) is 4.98 Å². The van der Waals surface area contributed by atoms with Gasteiger partial charge in [0, 0.05) is 11.1 Å². The van der Waals surface area contributed by atoms with Gasteiger partial charge < -0.3 is 10.1 Å². The number of nitrogens with one attached hydrogen (secondary N) is 1. The number of anilines is 1. The van der Waals surface area contributed by atoms with Crippen molar-refractivity contribution in [2.45, 2.75) is 25.8 Å². The van der Waals surface area contributed by atoms with Crippen molar-refractivity contribution in [3.05, 3.63) is 59.7 Å². The molecule has 1 amide bonds. The highest BCUT2D eigenvalue weighted by Crippen LogP contribution is 2.25. The van der Waals surface area contributed by atoms with Crippen LogP contribution in [0.2, 0.25) is 0 Å². The largest absolute Gasteiger partial charge is 0.494 e. The van der Waals surface area contributed by atoms with Crippen molar-refractivity contribution in [3.8, 4) is 5.75 Å². The predicted octanol–water partition coefficient (Wildman–Crippen LogP) is 4.98. The van der Waals surface area contributed by atoms with Crippen LogP contribution < -0.4 is 10.1 Å². The third kappa shape index (κ3) is 4.55. The first kappa shape index (κ1) is 18.3. The lowest BCUT2D eigenvalue weighted by molar-refractivity contribution is -0.113. The topological polar surface area (TPSA) is 51.2 Å². The van der Waals surface area contributed by atoms with Crippen LogP contribution in [0.1, 0.15) is 18.1 Å². The molecule has 0 aliphatic carbocycles. The summed E-state index contributed by atoms with van der Waals surface area (Å²) in [4.78, 5) is 16.9. The van der Waals surface area contributed by atoms with Gasteiger partial charge in [0.2, 0.25) is 5.91 Å². The Morgan fingerprint density at radius 1 is 1.12 bits per heavy atom. The highest BCUT2D eigenvalue weighted by atomic mass is 32.2. The first-order valence-corrected chi connectivity index (χ1v) is 9.57. The van der Waals surface area contributed by atoms with Crippen molar-refractivity contribution < 1.29 is 9.53 Å². The quantitative estimate of drug-likeness (QED) is 0.625. The average Bonchev–Trinajstić information content (AvgIpc) is 2.62. The number of hydrogen-bond donors (Lipinski definition) is 1. The number of carbonyl (C=O) groups excluding carboxylic acids is 1. The molecule has 0 atom stereocenters. The summed E-state index contributed by atoms with van der Waals surface area (Å²) >= 11 is 1.46. The number of pyridine rings is 1. The number of ether oxygens (including phenoxy) is 1. The van der Waals surface area contributed by atoms with Gasteiger partial charge in [0.1, 0.15) is 10.8 Å². The van der Waals surface area contributed by atoms with E-state index in [4.69, 9.17) is 9.72 Å². The van der Waals surface area contributed by atoms with Gasteiger partial charge in [-0.1, -0.05) is 23.9 Å². The Hall–Kier alpha value is -2.53. The van der Waals surface area contributed by atoms with Crippen LogP contribution in [0, 0.1) is 13.8 Å². The van der Waals surface area contributed by atoms with Gasteiger partial charge in [-0.25, -0.2) is 4.98 Å². The molecule has 0 aliphatic heterocycles. The molecule has 0 saturated heterocycles. The fraction of sp³-hybridized carbons (Fsp3) is 0.238. The molecule has 3 rings (SSSR count). The molecule has 1 aromatic heterocycles.